The number of carbonyl (C=O) groups is 1. The summed E-state index contributed by atoms with van der Waals surface area (Å²) in [5, 5.41) is 19.9. The summed E-state index contributed by atoms with van der Waals surface area (Å²) < 4.78 is 7.29. The molecule has 0 radical (unpaired) electrons. The van der Waals surface area contributed by atoms with Crippen molar-refractivity contribution >= 4 is 29.2 Å². The third kappa shape index (κ3) is 2.37. The van der Waals surface area contributed by atoms with Gasteiger partial charge < -0.3 is 25.3 Å². The normalized spacial score (nSPS) is 25.3. The Balaban J connectivity index is 2.12. The number of anilines is 1. The van der Waals surface area contributed by atoms with Gasteiger partial charge in [-0.15, -0.1) is 0 Å². The Hall–Kier alpha value is -2.29. The lowest BCUT2D eigenvalue weighted by atomic mass is 10.2. The zero-order chi connectivity index (χ0) is 15.7. The molecule has 0 aromatic carbocycles. The van der Waals surface area contributed by atoms with Crippen LogP contribution in [-0.2, 0) is 9.53 Å². The van der Waals surface area contributed by atoms with Crippen LogP contribution in [0.5, 0.6) is 0 Å². The molecule has 3 atom stereocenters. The standard InChI is InChI=1S/C14H16N4O4/c15-12-11-8(2-1-3-19)5-18(13(11)17-7-16-12)14-10(21)4-9(6-20)22-14/h1-3,5,7,9-10,14,20-21H,4,6H2,(H2,15,16,17)/b2-1-/t9-,10+,14?/m0/s1. The van der Waals surface area contributed by atoms with E-state index < -0.39 is 18.4 Å². The summed E-state index contributed by atoms with van der Waals surface area (Å²) in [5.41, 5.74) is 7.06. The number of aliphatic hydroxyl groups is 2. The number of nitrogen functional groups attached to an aromatic ring is 1. The third-order valence-corrected chi connectivity index (χ3v) is 3.67. The van der Waals surface area contributed by atoms with E-state index in [0.29, 0.717) is 29.3 Å². The van der Waals surface area contributed by atoms with Crippen LogP contribution in [0.15, 0.2) is 18.6 Å². The Kier molecular flexibility index (Phi) is 3.88. The predicted molar refractivity (Wildman–Crippen MR) is 78.7 cm³/mol. The summed E-state index contributed by atoms with van der Waals surface area (Å²) in [6, 6.07) is 0. The van der Waals surface area contributed by atoms with E-state index in [9.17, 15) is 15.0 Å². The average Bonchev–Trinajstić information content (AvgIpc) is 3.06. The summed E-state index contributed by atoms with van der Waals surface area (Å²) >= 11 is 0. The van der Waals surface area contributed by atoms with Gasteiger partial charge in [-0.25, -0.2) is 9.97 Å². The molecule has 0 spiro atoms. The van der Waals surface area contributed by atoms with Crippen molar-refractivity contribution in [2.75, 3.05) is 12.3 Å². The van der Waals surface area contributed by atoms with Crippen molar-refractivity contribution in [2.24, 2.45) is 0 Å². The van der Waals surface area contributed by atoms with Gasteiger partial charge in [-0.3, -0.25) is 4.79 Å². The third-order valence-electron chi connectivity index (χ3n) is 3.67. The van der Waals surface area contributed by atoms with Crippen LogP contribution in [-0.4, -0.2) is 49.8 Å². The first-order valence-electron chi connectivity index (χ1n) is 6.83. The lowest BCUT2D eigenvalue weighted by Gasteiger charge is -2.17. The number of aromatic nitrogens is 3. The van der Waals surface area contributed by atoms with Gasteiger partial charge in [0, 0.05) is 18.2 Å². The topological polar surface area (TPSA) is 123 Å². The zero-order valence-electron chi connectivity index (χ0n) is 11.7. The molecule has 3 rings (SSSR count). The lowest BCUT2D eigenvalue weighted by Crippen LogP contribution is -2.19. The number of hydrogen-bond acceptors (Lipinski definition) is 7. The quantitative estimate of drug-likeness (QED) is 0.531. The van der Waals surface area contributed by atoms with Crippen LogP contribution in [0.2, 0.25) is 0 Å². The summed E-state index contributed by atoms with van der Waals surface area (Å²) in [4.78, 5) is 18.7. The maximum atomic E-state index is 10.5. The van der Waals surface area contributed by atoms with Gasteiger partial charge in [0.2, 0.25) is 0 Å². The number of aliphatic hydroxyl groups excluding tert-OH is 2. The van der Waals surface area contributed by atoms with Crippen molar-refractivity contribution in [1.29, 1.82) is 0 Å². The van der Waals surface area contributed by atoms with Gasteiger partial charge in [0.25, 0.3) is 0 Å². The van der Waals surface area contributed by atoms with Crippen LogP contribution in [0, 0.1) is 0 Å². The fraction of sp³-hybridized carbons (Fsp3) is 0.357. The van der Waals surface area contributed by atoms with Gasteiger partial charge in [-0.05, 0) is 12.2 Å². The number of carbonyl (C=O) groups excluding carboxylic acids is 1. The van der Waals surface area contributed by atoms with Crippen LogP contribution in [0.1, 0.15) is 18.2 Å². The predicted octanol–water partition coefficient (Wildman–Crippen LogP) is -0.134. The average molecular weight is 304 g/mol. The van der Waals surface area contributed by atoms with Crippen LogP contribution < -0.4 is 5.73 Å². The van der Waals surface area contributed by atoms with Crippen LogP contribution in [0.3, 0.4) is 0 Å². The maximum absolute atomic E-state index is 10.5. The van der Waals surface area contributed by atoms with Gasteiger partial charge in [-0.2, -0.15) is 0 Å². The molecule has 1 fully saturated rings. The summed E-state index contributed by atoms with van der Waals surface area (Å²) in [7, 11) is 0. The monoisotopic (exact) mass is 304 g/mol. The second-order valence-electron chi connectivity index (χ2n) is 5.08. The van der Waals surface area contributed by atoms with Gasteiger partial charge in [0.15, 0.2) is 6.23 Å². The number of fused-ring (bicyclic) bond motifs is 1. The van der Waals surface area contributed by atoms with E-state index in [0.717, 1.165) is 0 Å². The Labute approximate surface area is 125 Å². The number of nitrogens with two attached hydrogens (primary N) is 1. The smallest absolute Gasteiger partial charge is 0.161 e. The number of ether oxygens (including phenoxy) is 1. The molecule has 1 aliphatic heterocycles. The molecular weight excluding hydrogens is 288 g/mol. The Morgan fingerprint density at radius 1 is 1.50 bits per heavy atom. The number of rotatable bonds is 4. The number of hydrogen-bond donors (Lipinski definition) is 3. The van der Waals surface area contributed by atoms with Gasteiger partial charge >= 0.3 is 0 Å². The first-order chi connectivity index (χ1) is 10.7. The molecule has 0 amide bonds. The molecule has 0 aliphatic carbocycles. The van der Waals surface area contributed by atoms with Crippen molar-refractivity contribution in [2.45, 2.75) is 24.9 Å². The molecule has 8 nitrogen and oxygen atoms in total. The molecular formula is C14H16N4O4. The highest BCUT2D eigenvalue weighted by molar-refractivity contribution is 5.96. The Morgan fingerprint density at radius 3 is 3.00 bits per heavy atom. The molecule has 4 N–H and O–H groups in total. The second kappa shape index (κ2) is 5.84. The van der Waals surface area contributed by atoms with Crippen molar-refractivity contribution in [3.63, 3.8) is 0 Å². The molecule has 0 bridgehead atoms. The van der Waals surface area contributed by atoms with Gasteiger partial charge in [0.05, 0.1) is 18.1 Å². The van der Waals surface area contributed by atoms with Crippen molar-refractivity contribution in [3.8, 4) is 0 Å². The highest BCUT2D eigenvalue weighted by Crippen LogP contribution is 2.34. The SMILES string of the molecule is Nc1ncnc2c1c(/C=C\C=O)cn2C1O[C@H](CO)C[C@H]1O. The van der Waals surface area contributed by atoms with Crippen molar-refractivity contribution in [3.05, 3.63) is 24.2 Å². The molecule has 0 saturated carbocycles. The zero-order valence-corrected chi connectivity index (χ0v) is 11.7. The highest BCUT2D eigenvalue weighted by Gasteiger charge is 2.36. The molecule has 2 aromatic rings. The molecule has 116 valence electrons. The van der Waals surface area contributed by atoms with E-state index in [2.05, 4.69) is 9.97 Å². The van der Waals surface area contributed by atoms with E-state index in [1.165, 1.54) is 12.4 Å². The summed E-state index contributed by atoms with van der Waals surface area (Å²) in [6.07, 6.45) is 5.08. The lowest BCUT2D eigenvalue weighted by molar-refractivity contribution is -0.104. The van der Waals surface area contributed by atoms with Crippen LogP contribution in [0.4, 0.5) is 5.82 Å². The highest BCUT2D eigenvalue weighted by atomic mass is 16.5. The van der Waals surface area contributed by atoms with Crippen molar-refractivity contribution < 1.29 is 19.7 Å². The maximum Gasteiger partial charge on any atom is 0.161 e. The molecule has 1 unspecified atom stereocenters. The molecule has 1 aliphatic rings. The second-order valence-corrected chi connectivity index (χ2v) is 5.08. The number of aldehydes is 1. The van der Waals surface area contributed by atoms with E-state index in [1.807, 2.05) is 0 Å². The van der Waals surface area contributed by atoms with Crippen molar-refractivity contribution in [1.82, 2.24) is 14.5 Å². The number of nitrogens with zero attached hydrogens (tertiary/aromatic N) is 3. The largest absolute Gasteiger partial charge is 0.394 e. The van der Waals surface area contributed by atoms with E-state index >= 15 is 0 Å². The van der Waals surface area contributed by atoms with E-state index in [1.54, 1.807) is 16.8 Å². The minimum atomic E-state index is -0.771. The van der Waals surface area contributed by atoms with Gasteiger partial charge in [-0.1, -0.05) is 0 Å². The number of allylic oxidation sites excluding steroid dienone is 1. The first kappa shape index (κ1) is 14.6. The summed E-state index contributed by atoms with van der Waals surface area (Å²) in [5.74, 6) is 0.278. The van der Waals surface area contributed by atoms with Gasteiger partial charge in [0.1, 0.15) is 30.2 Å². The minimum absolute atomic E-state index is 0.165. The summed E-state index contributed by atoms with van der Waals surface area (Å²) in [6.45, 7) is -0.165. The first-order valence-corrected chi connectivity index (χ1v) is 6.83. The Morgan fingerprint density at radius 2 is 2.32 bits per heavy atom. The molecule has 1 saturated heterocycles. The van der Waals surface area contributed by atoms with E-state index in [4.69, 9.17) is 10.5 Å². The van der Waals surface area contributed by atoms with Crippen LogP contribution in [0.25, 0.3) is 17.1 Å². The fourth-order valence-electron chi connectivity index (χ4n) is 2.70. The fourth-order valence-corrected chi connectivity index (χ4v) is 2.70. The molecule has 2 aromatic heterocycles. The molecule has 22 heavy (non-hydrogen) atoms. The van der Waals surface area contributed by atoms with E-state index in [-0.39, 0.29) is 12.4 Å². The molecule has 8 heteroatoms. The van der Waals surface area contributed by atoms with Crippen LogP contribution >= 0.6 is 0 Å². The minimum Gasteiger partial charge on any atom is -0.394 e. The molecule has 3 heterocycles. The Bertz CT molecular complexity index is 727.